The average molecular weight is 754 g/mol. The Balaban J connectivity index is 1.17. The van der Waals surface area contributed by atoms with Gasteiger partial charge in [-0.1, -0.05) is 157 Å². The topological polar surface area (TPSA) is 3.24 Å². The first-order valence-corrected chi connectivity index (χ1v) is 21.6. The zero-order chi connectivity index (χ0) is 39.8. The normalized spacial score (nSPS) is 16.8. The fraction of sp³-hybridized carbons (Fsp3) is 0.263. The molecule has 288 valence electrons. The summed E-state index contributed by atoms with van der Waals surface area (Å²) in [5.41, 5.74) is 22.8. The third-order valence-corrected chi connectivity index (χ3v) is 14.1. The third kappa shape index (κ3) is 6.13. The molecular weight excluding hydrogens is 699 g/mol. The molecule has 0 fully saturated rings. The van der Waals surface area contributed by atoms with Crippen molar-refractivity contribution in [2.75, 3.05) is 4.90 Å². The molecule has 1 heteroatoms. The molecule has 0 atom stereocenters. The molecule has 0 radical (unpaired) electrons. The Morgan fingerprint density at radius 2 is 0.948 bits per heavy atom. The van der Waals surface area contributed by atoms with E-state index in [4.69, 9.17) is 0 Å². The monoisotopic (exact) mass is 753 g/mol. The van der Waals surface area contributed by atoms with Crippen molar-refractivity contribution in [3.63, 3.8) is 0 Å². The van der Waals surface area contributed by atoms with Crippen molar-refractivity contribution < 1.29 is 0 Å². The Morgan fingerprint density at radius 3 is 1.66 bits per heavy atom. The van der Waals surface area contributed by atoms with Gasteiger partial charge in [-0.05, 0) is 158 Å². The Bertz CT molecular complexity index is 2670. The van der Waals surface area contributed by atoms with E-state index < -0.39 is 0 Å². The number of anilines is 3. The van der Waals surface area contributed by atoms with E-state index in [9.17, 15) is 0 Å². The van der Waals surface area contributed by atoms with Crippen molar-refractivity contribution >= 4 is 17.1 Å². The number of hydrogen-bond donors (Lipinski definition) is 0. The highest BCUT2D eigenvalue weighted by molar-refractivity contribution is 5.95. The van der Waals surface area contributed by atoms with Crippen LogP contribution in [0.2, 0.25) is 0 Å². The van der Waals surface area contributed by atoms with Crippen LogP contribution in [0.4, 0.5) is 17.1 Å². The lowest BCUT2D eigenvalue weighted by Gasteiger charge is -2.42. The van der Waals surface area contributed by atoms with Crippen LogP contribution in [0.1, 0.15) is 101 Å². The fourth-order valence-electron chi connectivity index (χ4n) is 10.5. The highest BCUT2D eigenvalue weighted by Crippen LogP contribution is 2.55. The van der Waals surface area contributed by atoms with Crippen molar-refractivity contribution in [2.24, 2.45) is 0 Å². The van der Waals surface area contributed by atoms with Gasteiger partial charge in [0.25, 0.3) is 0 Å². The number of fused-ring (bicyclic) bond motifs is 5. The smallest absolute Gasteiger partial charge is 0.0543 e. The number of nitrogens with zero attached hydrogens (tertiary/aromatic N) is 1. The minimum atomic E-state index is -0.127. The molecule has 0 N–H and O–H groups in total. The Kier molecular flexibility index (Phi) is 8.68. The van der Waals surface area contributed by atoms with Gasteiger partial charge in [0.2, 0.25) is 0 Å². The van der Waals surface area contributed by atoms with E-state index >= 15 is 0 Å². The highest BCUT2D eigenvalue weighted by atomic mass is 15.1. The van der Waals surface area contributed by atoms with Crippen LogP contribution in [-0.2, 0) is 29.1 Å². The van der Waals surface area contributed by atoms with Crippen LogP contribution < -0.4 is 4.90 Å². The SMILES string of the molecule is CC1(C)CCC(C)(C)c2cc(-c3cc4c(cc3N(c3ccc(-c5ccc(-c6ccccc6)cc5)cc3)c3ccc5c(c3)CCCC5)C(C)(C)c3ccccc3-4)ccc21. The van der Waals surface area contributed by atoms with E-state index in [1.165, 1.54) is 127 Å². The van der Waals surface area contributed by atoms with Crippen molar-refractivity contribution in [1.29, 1.82) is 0 Å². The molecule has 7 aromatic carbocycles. The minimum absolute atomic E-state index is 0.111. The van der Waals surface area contributed by atoms with Crippen LogP contribution in [0.5, 0.6) is 0 Å². The molecule has 1 nitrogen and oxygen atoms in total. The summed E-state index contributed by atoms with van der Waals surface area (Å²) in [6.07, 6.45) is 7.25. The molecule has 0 saturated heterocycles. The van der Waals surface area contributed by atoms with Crippen LogP contribution in [0.15, 0.2) is 152 Å². The standard InChI is InChI=1S/C57H55N/c1-55(2)32-33-56(3,4)53-35-44(27-31-51(53)55)48-36-49-47-18-12-13-19-50(47)57(5,6)52(49)37-54(48)58(46-30-26-39-16-10-11-17-43(39)34-46)45-28-24-42(25-29-45)41-22-20-40(21-23-41)38-14-8-7-9-15-38/h7-9,12-15,18-31,34-37H,10-11,16-17,32-33H2,1-6H3. The first-order valence-electron chi connectivity index (χ1n) is 21.6. The summed E-state index contributed by atoms with van der Waals surface area (Å²) in [6, 6.07) is 57.9. The van der Waals surface area contributed by atoms with E-state index in [0.29, 0.717) is 0 Å². The Hall–Kier alpha value is -5.66. The van der Waals surface area contributed by atoms with E-state index in [1.54, 1.807) is 0 Å². The summed E-state index contributed by atoms with van der Waals surface area (Å²) < 4.78 is 0. The summed E-state index contributed by atoms with van der Waals surface area (Å²) in [5, 5.41) is 0. The third-order valence-electron chi connectivity index (χ3n) is 14.1. The van der Waals surface area contributed by atoms with Crippen LogP contribution in [-0.4, -0.2) is 0 Å². The van der Waals surface area contributed by atoms with Gasteiger partial charge in [-0.25, -0.2) is 0 Å². The summed E-state index contributed by atoms with van der Waals surface area (Å²) in [5.74, 6) is 0. The molecule has 7 aromatic rings. The molecule has 58 heavy (non-hydrogen) atoms. The van der Waals surface area contributed by atoms with Crippen LogP contribution in [0, 0.1) is 0 Å². The molecule has 0 amide bonds. The highest BCUT2D eigenvalue weighted by Gasteiger charge is 2.39. The summed E-state index contributed by atoms with van der Waals surface area (Å²) >= 11 is 0. The predicted octanol–water partition coefficient (Wildman–Crippen LogP) is 15.7. The molecule has 3 aliphatic rings. The van der Waals surface area contributed by atoms with Crippen LogP contribution >= 0.6 is 0 Å². The fourth-order valence-corrected chi connectivity index (χ4v) is 10.5. The largest absolute Gasteiger partial charge is 0.310 e. The molecule has 0 unspecified atom stereocenters. The molecule has 3 aliphatic carbocycles. The van der Waals surface area contributed by atoms with Gasteiger partial charge in [-0.3, -0.25) is 0 Å². The first kappa shape index (κ1) is 36.7. The maximum atomic E-state index is 2.57. The molecule has 0 spiro atoms. The van der Waals surface area contributed by atoms with Gasteiger partial charge in [0.15, 0.2) is 0 Å². The second-order valence-corrected chi connectivity index (χ2v) is 19.1. The zero-order valence-electron chi connectivity index (χ0n) is 35.1. The molecule has 0 bridgehead atoms. The number of aryl methyl sites for hydroxylation is 2. The van der Waals surface area contributed by atoms with Crippen molar-refractivity contribution in [1.82, 2.24) is 0 Å². The summed E-state index contributed by atoms with van der Waals surface area (Å²) in [6.45, 7) is 14.6. The van der Waals surface area contributed by atoms with Crippen LogP contribution in [0.25, 0.3) is 44.5 Å². The second kappa shape index (κ2) is 13.7. The quantitative estimate of drug-likeness (QED) is 0.163. The molecule has 0 aromatic heterocycles. The maximum absolute atomic E-state index is 2.57. The van der Waals surface area contributed by atoms with Crippen LogP contribution in [0.3, 0.4) is 0 Å². The van der Waals surface area contributed by atoms with Crippen molar-refractivity contribution in [2.45, 2.75) is 96.3 Å². The minimum Gasteiger partial charge on any atom is -0.310 e. The first-order chi connectivity index (χ1) is 28.0. The van der Waals surface area contributed by atoms with E-state index in [0.717, 1.165) is 6.42 Å². The van der Waals surface area contributed by atoms with Gasteiger partial charge in [0.05, 0.1) is 5.69 Å². The lowest BCUT2D eigenvalue weighted by molar-refractivity contribution is 0.332. The van der Waals surface area contributed by atoms with Gasteiger partial charge in [-0.2, -0.15) is 0 Å². The Labute approximate surface area is 346 Å². The van der Waals surface area contributed by atoms with Gasteiger partial charge in [0, 0.05) is 22.4 Å². The lowest BCUT2D eigenvalue weighted by atomic mass is 9.63. The number of hydrogen-bond acceptors (Lipinski definition) is 1. The summed E-state index contributed by atoms with van der Waals surface area (Å²) in [4.78, 5) is 2.57. The van der Waals surface area contributed by atoms with E-state index in [2.05, 4.69) is 198 Å². The second-order valence-electron chi connectivity index (χ2n) is 19.1. The van der Waals surface area contributed by atoms with E-state index in [-0.39, 0.29) is 16.2 Å². The average Bonchev–Trinajstić information content (AvgIpc) is 3.48. The molecule has 0 aliphatic heterocycles. The van der Waals surface area contributed by atoms with Gasteiger partial charge >= 0.3 is 0 Å². The number of rotatable bonds is 6. The van der Waals surface area contributed by atoms with Gasteiger partial charge < -0.3 is 4.90 Å². The van der Waals surface area contributed by atoms with E-state index in [1.807, 2.05) is 0 Å². The molecule has 0 saturated carbocycles. The van der Waals surface area contributed by atoms with Crippen molar-refractivity contribution in [3.05, 3.63) is 185 Å². The van der Waals surface area contributed by atoms with Gasteiger partial charge in [-0.15, -0.1) is 0 Å². The molecule has 0 heterocycles. The predicted molar refractivity (Wildman–Crippen MR) is 247 cm³/mol. The number of benzene rings is 7. The van der Waals surface area contributed by atoms with Gasteiger partial charge in [0.1, 0.15) is 0 Å². The molecule has 10 rings (SSSR count). The zero-order valence-corrected chi connectivity index (χ0v) is 35.1. The van der Waals surface area contributed by atoms with Crippen molar-refractivity contribution in [3.8, 4) is 44.5 Å². The molecular formula is C57H55N. The lowest BCUT2D eigenvalue weighted by Crippen LogP contribution is -2.33. The Morgan fingerprint density at radius 1 is 0.379 bits per heavy atom. The summed E-state index contributed by atoms with van der Waals surface area (Å²) in [7, 11) is 0. The maximum Gasteiger partial charge on any atom is 0.0543 e.